The van der Waals surface area contributed by atoms with Gasteiger partial charge in [0.25, 0.3) is 0 Å². The molecule has 25 heavy (non-hydrogen) atoms. The standard InChI is InChI=1S/C18H30F3N3O/c1-17(2)14(12-8-9-25-15(12)17)24-16(22-3)23-10-11-6-4-5-7-13(11)18(19,20)21/h11-15H,4-10H2,1-3H3,(H2,22,23,24). The highest BCUT2D eigenvalue weighted by Crippen LogP contribution is 2.52. The van der Waals surface area contributed by atoms with Crippen LogP contribution in [0.4, 0.5) is 13.2 Å². The number of fused-ring (bicyclic) bond motifs is 1. The highest BCUT2D eigenvalue weighted by Gasteiger charge is 2.59. The summed E-state index contributed by atoms with van der Waals surface area (Å²) < 4.78 is 45.5. The number of rotatable bonds is 3. The lowest BCUT2D eigenvalue weighted by molar-refractivity contribution is -0.195. The van der Waals surface area contributed by atoms with Crippen LogP contribution in [0, 0.1) is 23.2 Å². The maximum absolute atomic E-state index is 13.2. The van der Waals surface area contributed by atoms with Crippen molar-refractivity contribution < 1.29 is 17.9 Å². The average Bonchev–Trinajstić information content (AvgIpc) is 3.01. The van der Waals surface area contributed by atoms with E-state index >= 15 is 0 Å². The molecule has 1 aliphatic heterocycles. The molecule has 5 atom stereocenters. The topological polar surface area (TPSA) is 45.7 Å². The molecule has 2 N–H and O–H groups in total. The maximum Gasteiger partial charge on any atom is 0.392 e. The van der Waals surface area contributed by atoms with Crippen molar-refractivity contribution in [1.29, 1.82) is 0 Å². The zero-order valence-electron chi connectivity index (χ0n) is 15.3. The van der Waals surface area contributed by atoms with Crippen molar-refractivity contribution in [2.75, 3.05) is 20.2 Å². The first-order chi connectivity index (χ1) is 11.7. The SMILES string of the molecule is CN=C(NCC1CCCCC1C(F)(F)F)NC1C2CCOC2C1(C)C. The van der Waals surface area contributed by atoms with Gasteiger partial charge in [-0.1, -0.05) is 26.7 Å². The quantitative estimate of drug-likeness (QED) is 0.599. The molecule has 3 rings (SSSR count). The Morgan fingerprint density at radius 3 is 2.60 bits per heavy atom. The van der Waals surface area contributed by atoms with E-state index in [0.717, 1.165) is 19.4 Å². The predicted molar refractivity (Wildman–Crippen MR) is 91.4 cm³/mol. The molecule has 144 valence electrons. The van der Waals surface area contributed by atoms with Gasteiger partial charge in [-0.15, -0.1) is 0 Å². The number of guanidine groups is 1. The molecule has 2 aliphatic carbocycles. The van der Waals surface area contributed by atoms with Crippen molar-refractivity contribution in [1.82, 2.24) is 10.6 Å². The first kappa shape index (κ1) is 18.8. The van der Waals surface area contributed by atoms with Crippen molar-refractivity contribution in [3.63, 3.8) is 0 Å². The maximum atomic E-state index is 13.2. The third-order valence-electron chi connectivity index (χ3n) is 6.48. The Hall–Kier alpha value is -0.980. The Morgan fingerprint density at radius 1 is 1.20 bits per heavy atom. The number of hydrogen-bond acceptors (Lipinski definition) is 2. The molecule has 1 saturated heterocycles. The van der Waals surface area contributed by atoms with E-state index in [1.807, 2.05) is 0 Å². The molecule has 0 bridgehead atoms. The number of hydrogen-bond donors (Lipinski definition) is 2. The van der Waals surface area contributed by atoms with Crippen LogP contribution in [-0.4, -0.2) is 44.5 Å². The zero-order valence-corrected chi connectivity index (χ0v) is 15.3. The van der Waals surface area contributed by atoms with Crippen LogP contribution in [0.25, 0.3) is 0 Å². The van der Waals surface area contributed by atoms with Gasteiger partial charge in [-0.25, -0.2) is 0 Å². The molecule has 1 heterocycles. The van der Waals surface area contributed by atoms with Gasteiger partial charge in [0.2, 0.25) is 0 Å². The first-order valence-electron chi connectivity index (χ1n) is 9.40. The summed E-state index contributed by atoms with van der Waals surface area (Å²) in [7, 11) is 1.67. The summed E-state index contributed by atoms with van der Waals surface area (Å²) in [4.78, 5) is 4.23. The average molecular weight is 361 g/mol. The summed E-state index contributed by atoms with van der Waals surface area (Å²) in [5, 5.41) is 6.59. The molecule has 7 heteroatoms. The third-order valence-corrected chi connectivity index (χ3v) is 6.48. The lowest BCUT2D eigenvalue weighted by Crippen LogP contribution is -2.68. The smallest absolute Gasteiger partial charge is 0.377 e. The van der Waals surface area contributed by atoms with Crippen molar-refractivity contribution in [2.45, 2.75) is 64.3 Å². The normalized spacial score (nSPS) is 38.0. The largest absolute Gasteiger partial charge is 0.392 e. The molecule has 3 aliphatic rings. The van der Waals surface area contributed by atoms with Gasteiger partial charge in [-0.2, -0.15) is 13.2 Å². The van der Waals surface area contributed by atoms with Gasteiger partial charge in [-0.05, 0) is 25.2 Å². The number of nitrogens with zero attached hydrogens (tertiary/aromatic N) is 1. The predicted octanol–water partition coefficient (Wildman–Crippen LogP) is 3.33. The number of nitrogens with one attached hydrogen (secondary N) is 2. The molecule has 0 amide bonds. The van der Waals surface area contributed by atoms with Crippen molar-refractivity contribution in [2.24, 2.45) is 28.2 Å². The summed E-state index contributed by atoms with van der Waals surface area (Å²) >= 11 is 0. The van der Waals surface area contributed by atoms with Gasteiger partial charge >= 0.3 is 6.18 Å². The molecule has 0 spiro atoms. The van der Waals surface area contributed by atoms with E-state index in [1.54, 1.807) is 7.05 Å². The van der Waals surface area contributed by atoms with Crippen LogP contribution in [-0.2, 0) is 4.74 Å². The molecule has 4 nitrogen and oxygen atoms in total. The second-order valence-electron chi connectivity index (χ2n) is 8.33. The second-order valence-corrected chi connectivity index (χ2v) is 8.33. The molecular formula is C18H30F3N3O. The number of aliphatic imine (C=N–C) groups is 1. The van der Waals surface area contributed by atoms with Crippen LogP contribution in [0.2, 0.25) is 0 Å². The minimum Gasteiger partial charge on any atom is -0.377 e. The van der Waals surface area contributed by atoms with Crippen molar-refractivity contribution in [3.8, 4) is 0 Å². The Balaban J connectivity index is 1.56. The van der Waals surface area contributed by atoms with Gasteiger partial charge in [0, 0.05) is 37.6 Å². The van der Waals surface area contributed by atoms with Gasteiger partial charge in [0.05, 0.1) is 12.0 Å². The number of ether oxygens (including phenoxy) is 1. The van der Waals surface area contributed by atoms with E-state index in [9.17, 15) is 13.2 Å². The highest BCUT2D eigenvalue weighted by molar-refractivity contribution is 5.80. The number of halogens is 3. The van der Waals surface area contributed by atoms with Crippen LogP contribution in [0.5, 0.6) is 0 Å². The molecule has 0 radical (unpaired) electrons. The van der Waals surface area contributed by atoms with Gasteiger partial charge in [0.15, 0.2) is 5.96 Å². The second kappa shape index (κ2) is 6.97. The lowest BCUT2D eigenvalue weighted by atomic mass is 9.57. The Bertz CT molecular complexity index is 506. The van der Waals surface area contributed by atoms with E-state index in [2.05, 4.69) is 29.5 Å². The van der Waals surface area contributed by atoms with E-state index in [0.29, 0.717) is 31.3 Å². The Morgan fingerprint density at radius 2 is 1.92 bits per heavy atom. The third kappa shape index (κ3) is 3.62. The van der Waals surface area contributed by atoms with Crippen LogP contribution < -0.4 is 10.6 Å². The highest BCUT2D eigenvalue weighted by atomic mass is 19.4. The minimum absolute atomic E-state index is 0.0120. The molecule has 0 aromatic heterocycles. The molecule has 0 aromatic carbocycles. The molecule has 2 saturated carbocycles. The van der Waals surface area contributed by atoms with Gasteiger partial charge in [0.1, 0.15) is 0 Å². The van der Waals surface area contributed by atoms with E-state index in [1.165, 1.54) is 0 Å². The molecular weight excluding hydrogens is 331 g/mol. The Kier molecular flexibility index (Phi) is 5.24. The van der Waals surface area contributed by atoms with Crippen LogP contribution in [0.1, 0.15) is 46.0 Å². The van der Waals surface area contributed by atoms with Crippen molar-refractivity contribution in [3.05, 3.63) is 0 Å². The summed E-state index contributed by atoms with van der Waals surface area (Å²) in [6.07, 6.45) is -0.374. The summed E-state index contributed by atoms with van der Waals surface area (Å²) in [6.45, 7) is 5.45. The van der Waals surface area contributed by atoms with E-state index in [4.69, 9.17) is 4.74 Å². The monoisotopic (exact) mass is 361 g/mol. The lowest BCUT2D eigenvalue weighted by Gasteiger charge is -2.55. The zero-order chi connectivity index (χ0) is 18.2. The summed E-state index contributed by atoms with van der Waals surface area (Å²) in [5.74, 6) is -0.495. The van der Waals surface area contributed by atoms with Crippen LogP contribution in [0.3, 0.4) is 0 Å². The van der Waals surface area contributed by atoms with Crippen LogP contribution in [0.15, 0.2) is 4.99 Å². The fourth-order valence-electron chi connectivity index (χ4n) is 5.07. The van der Waals surface area contributed by atoms with Crippen LogP contribution >= 0.6 is 0 Å². The van der Waals surface area contributed by atoms with Gasteiger partial charge < -0.3 is 15.4 Å². The molecule has 5 unspecified atom stereocenters. The molecule has 0 aromatic rings. The number of alkyl halides is 3. The fraction of sp³-hybridized carbons (Fsp3) is 0.944. The van der Waals surface area contributed by atoms with E-state index < -0.39 is 12.1 Å². The van der Waals surface area contributed by atoms with E-state index in [-0.39, 0.29) is 29.9 Å². The molecule has 3 fully saturated rings. The summed E-state index contributed by atoms with van der Waals surface area (Å²) in [6, 6.07) is 0.246. The van der Waals surface area contributed by atoms with Crippen molar-refractivity contribution >= 4 is 5.96 Å². The minimum atomic E-state index is -4.10. The summed E-state index contributed by atoms with van der Waals surface area (Å²) in [5.41, 5.74) is 0.0120. The Labute approximate surface area is 148 Å². The first-order valence-corrected chi connectivity index (χ1v) is 9.40. The van der Waals surface area contributed by atoms with Gasteiger partial charge in [-0.3, -0.25) is 4.99 Å². The fourth-order valence-corrected chi connectivity index (χ4v) is 5.07.